The summed E-state index contributed by atoms with van der Waals surface area (Å²) in [5, 5.41) is 2.95. The largest absolute Gasteiger partial charge is 0.454 e. The van der Waals surface area contributed by atoms with E-state index in [9.17, 15) is 9.18 Å². The summed E-state index contributed by atoms with van der Waals surface area (Å²) in [5.74, 6) is 0.230. The Morgan fingerprint density at radius 1 is 1.17 bits per heavy atom. The van der Waals surface area contributed by atoms with Gasteiger partial charge in [-0.1, -0.05) is 24.3 Å². The predicted molar refractivity (Wildman–Crippen MR) is 90.2 cm³/mol. The van der Waals surface area contributed by atoms with Gasteiger partial charge in [-0.15, -0.1) is 0 Å². The topological polar surface area (TPSA) is 50.8 Å². The Labute approximate surface area is 142 Å². The molecule has 0 aliphatic carbocycles. The first-order valence-corrected chi connectivity index (χ1v) is 7.56. The number of benzene rings is 2. The van der Waals surface area contributed by atoms with Crippen LogP contribution in [0.3, 0.4) is 0 Å². The van der Waals surface area contributed by atoms with Crippen LogP contribution in [0.2, 0.25) is 0 Å². The molecular weight excluding hydrogens is 331 g/mol. The fraction of sp³-hybridized carbons (Fsp3) is 0.0588. The van der Waals surface area contributed by atoms with Crippen LogP contribution >= 0.6 is 12.2 Å². The first-order chi connectivity index (χ1) is 11.6. The van der Waals surface area contributed by atoms with Crippen molar-refractivity contribution in [2.24, 2.45) is 0 Å². The molecular formula is C17H11FN2O3S. The van der Waals surface area contributed by atoms with E-state index in [0.29, 0.717) is 17.1 Å². The van der Waals surface area contributed by atoms with Crippen molar-refractivity contribution in [3.63, 3.8) is 0 Å². The van der Waals surface area contributed by atoms with Gasteiger partial charge < -0.3 is 14.8 Å². The predicted octanol–water partition coefficient (Wildman–Crippen LogP) is 2.82. The molecule has 120 valence electrons. The molecule has 0 saturated carbocycles. The first-order valence-electron chi connectivity index (χ1n) is 7.15. The van der Waals surface area contributed by atoms with Gasteiger partial charge in [0.05, 0.1) is 5.69 Å². The molecule has 2 heterocycles. The van der Waals surface area contributed by atoms with Crippen LogP contribution in [0.25, 0.3) is 6.08 Å². The second-order valence-electron chi connectivity index (χ2n) is 5.16. The van der Waals surface area contributed by atoms with Gasteiger partial charge in [0.1, 0.15) is 11.5 Å². The zero-order valence-electron chi connectivity index (χ0n) is 12.3. The second-order valence-corrected chi connectivity index (χ2v) is 5.55. The van der Waals surface area contributed by atoms with Gasteiger partial charge in [0.2, 0.25) is 6.79 Å². The number of carbonyl (C=O) groups excluding carboxylic acids is 1. The van der Waals surface area contributed by atoms with Gasteiger partial charge in [-0.05, 0) is 36.5 Å². The Bertz CT molecular complexity index is 897. The summed E-state index contributed by atoms with van der Waals surface area (Å²) in [6, 6.07) is 11.4. The third-order valence-corrected chi connectivity index (χ3v) is 3.98. The molecule has 2 aromatic rings. The van der Waals surface area contributed by atoms with Crippen molar-refractivity contribution in [1.29, 1.82) is 0 Å². The van der Waals surface area contributed by atoms with E-state index in [4.69, 9.17) is 21.7 Å². The van der Waals surface area contributed by atoms with E-state index >= 15 is 0 Å². The number of thiocarbonyl (C=S) groups is 1. The van der Waals surface area contributed by atoms with Crippen LogP contribution in [0.5, 0.6) is 11.5 Å². The third kappa shape index (κ3) is 2.30. The molecule has 24 heavy (non-hydrogen) atoms. The molecule has 2 aliphatic rings. The van der Waals surface area contributed by atoms with Gasteiger partial charge in [-0.25, -0.2) is 9.29 Å². The van der Waals surface area contributed by atoms with Crippen LogP contribution in [0.15, 0.2) is 48.2 Å². The number of carbonyl (C=O) groups is 1. The number of para-hydroxylation sites is 2. The van der Waals surface area contributed by atoms with Gasteiger partial charge in [-0.2, -0.15) is 0 Å². The highest BCUT2D eigenvalue weighted by atomic mass is 32.1. The zero-order valence-corrected chi connectivity index (χ0v) is 13.1. The minimum absolute atomic E-state index is 0.112. The summed E-state index contributed by atoms with van der Waals surface area (Å²) in [6.07, 6.45) is 1.61. The molecule has 0 radical (unpaired) electrons. The molecule has 7 heteroatoms. The van der Waals surface area contributed by atoms with Crippen molar-refractivity contribution in [2.75, 3.05) is 11.7 Å². The number of hydrogen-bond donors (Lipinski definition) is 1. The smallest absolute Gasteiger partial charge is 0.281 e. The third-order valence-electron chi connectivity index (χ3n) is 3.70. The van der Waals surface area contributed by atoms with Crippen LogP contribution in [-0.2, 0) is 4.79 Å². The average molecular weight is 342 g/mol. The Morgan fingerprint density at radius 2 is 2.00 bits per heavy atom. The fourth-order valence-electron chi connectivity index (χ4n) is 2.61. The summed E-state index contributed by atoms with van der Waals surface area (Å²) in [4.78, 5) is 13.8. The van der Waals surface area contributed by atoms with Crippen molar-refractivity contribution >= 4 is 35.0 Å². The highest BCUT2D eigenvalue weighted by Gasteiger charge is 2.33. The summed E-state index contributed by atoms with van der Waals surface area (Å²) in [6.45, 7) is 0.136. The van der Waals surface area contributed by atoms with Crippen molar-refractivity contribution in [2.45, 2.75) is 0 Å². The maximum absolute atomic E-state index is 14.0. The number of halogens is 1. The highest BCUT2D eigenvalue weighted by molar-refractivity contribution is 7.80. The number of anilines is 1. The highest BCUT2D eigenvalue weighted by Crippen LogP contribution is 2.37. The van der Waals surface area contributed by atoms with Crippen molar-refractivity contribution in [3.05, 3.63) is 59.5 Å². The standard InChI is InChI=1S/C17H11FN2O3S/c18-11-5-1-2-6-13(11)20-16(21)12(19-17(20)24)8-10-4-3-7-14-15(10)23-9-22-14/h1-8H,9H2,(H,19,24)/b12-8+. The van der Waals surface area contributed by atoms with Crippen molar-refractivity contribution in [3.8, 4) is 11.5 Å². The summed E-state index contributed by atoms with van der Waals surface area (Å²) in [7, 11) is 0. The van der Waals surface area contributed by atoms with E-state index in [1.807, 2.05) is 0 Å². The van der Waals surface area contributed by atoms with Crippen molar-refractivity contribution < 1.29 is 18.7 Å². The molecule has 2 aliphatic heterocycles. The van der Waals surface area contributed by atoms with Crippen LogP contribution < -0.4 is 19.7 Å². The summed E-state index contributed by atoms with van der Waals surface area (Å²) < 4.78 is 24.7. The molecule has 1 amide bonds. The van der Waals surface area contributed by atoms with Crippen LogP contribution in [-0.4, -0.2) is 17.8 Å². The van der Waals surface area contributed by atoms with E-state index in [2.05, 4.69) is 5.32 Å². The molecule has 0 spiro atoms. The van der Waals surface area contributed by atoms with E-state index in [0.717, 1.165) is 4.90 Å². The molecule has 2 aromatic carbocycles. The number of hydrogen-bond acceptors (Lipinski definition) is 4. The van der Waals surface area contributed by atoms with E-state index < -0.39 is 11.7 Å². The average Bonchev–Trinajstić information content (AvgIpc) is 3.15. The lowest BCUT2D eigenvalue weighted by atomic mass is 10.1. The Hall–Kier alpha value is -2.93. The molecule has 0 unspecified atom stereocenters. The molecule has 1 N–H and O–H groups in total. The monoisotopic (exact) mass is 342 g/mol. The summed E-state index contributed by atoms with van der Waals surface area (Å²) >= 11 is 5.18. The second kappa shape index (κ2) is 5.61. The number of fused-ring (bicyclic) bond motifs is 1. The van der Waals surface area contributed by atoms with E-state index in [1.54, 1.807) is 36.4 Å². The maximum atomic E-state index is 14.0. The number of ether oxygens (including phenoxy) is 2. The quantitative estimate of drug-likeness (QED) is 0.672. The molecule has 0 bridgehead atoms. The van der Waals surface area contributed by atoms with Gasteiger partial charge in [-0.3, -0.25) is 4.79 Å². The van der Waals surface area contributed by atoms with Gasteiger partial charge in [0.15, 0.2) is 16.6 Å². The molecule has 1 saturated heterocycles. The molecule has 0 atom stereocenters. The lowest BCUT2D eigenvalue weighted by molar-refractivity contribution is -0.113. The summed E-state index contributed by atoms with van der Waals surface area (Å²) in [5.41, 5.74) is 1.03. The fourth-order valence-corrected chi connectivity index (χ4v) is 2.90. The normalized spacial score (nSPS) is 17.5. The van der Waals surface area contributed by atoms with Crippen LogP contribution in [0, 0.1) is 5.82 Å². The Morgan fingerprint density at radius 3 is 2.83 bits per heavy atom. The molecule has 5 nitrogen and oxygen atoms in total. The van der Waals surface area contributed by atoms with Gasteiger partial charge in [0.25, 0.3) is 5.91 Å². The first kappa shape index (κ1) is 14.6. The lowest BCUT2D eigenvalue weighted by Crippen LogP contribution is -2.31. The zero-order chi connectivity index (χ0) is 16.7. The Balaban J connectivity index is 1.72. The molecule has 1 fully saturated rings. The maximum Gasteiger partial charge on any atom is 0.281 e. The Kier molecular flexibility index (Phi) is 3.42. The van der Waals surface area contributed by atoms with E-state index in [1.165, 1.54) is 12.1 Å². The lowest BCUT2D eigenvalue weighted by Gasteiger charge is -2.14. The van der Waals surface area contributed by atoms with Crippen LogP contribution in [0.1, 0.15) is 5.56 Å². The minimum Gasteiger partial charge on any atom is -0.454 e. The number of amides is 1. The SMILES string of the molecule is O=C1/C(=C\c2cccc3c2OCO3)NC(=S)N1c1ccccc1F. The number of nitrogens with one attached hydrogen (secondary N) is 1. The molecule has 4 rings (SSSR count). The molecule has 0 aromatic heterocycles. The number of rotatable bonds is 2. The van der Waals surface area contributed by atoms with Gasteiger partial charge in [0, 0.05) is 5.56 Å². The van der Waals surface area contributed by atoms with Crippen LogP contribution in [0.4, 0.5) is 10.1 Å². The minimum atomic E-state index is -0.520. The van der Waals surface area contributed by atoms with E-state index in [-0.39, 0.29) is 23.3 Å². The number of nitrogens with zero attached hydrogens (tertiary/aromatic N) is 1. The van der Waals surface area contributed by atoms with Crippen molar-refractivity contribution in [1.82, 2.24) is 5.32 Å². The van der Waals surface area contributed by atoms with Gasteiger partial charge >= 0.3 is 0 Å².